The molecule has 1 heterocycles. The Morgan fingerprint density at radius 3 is 2.60 bits per heavy atom. The van der Waals surface area contributed by atoms with Crippen LogP contribution in [0, 0.1) is 5.82 Å². The zero-order valence-corrected chi connectivity index (χ0v) is 14.5. The molecular formula is C17H14Cl2FN5. The Kier molecular flexibility index (Phi) is 5.63. The van der Waals surface area contributed by atoms with Gasteiger partial charge in [-0.25, -0.2) is 4.39 Å². The van der Waals surface area contributed by atoms with Crippen molar-refractivity contribution in [2.24, 2.45) is 0 Å². The van der Waals surface area contributed by atoms with Gasteiger partial charge in [0.25, 0.3) is 0 Å². The van der Waals surface area contributed by atoms with Crippen LogP contribution in [0.25, 0.3) is 0 Å². The van der Waals surface area contributed by atoms with E-state index in [0.717, 1.165) is 5.56 Å². The van der Waals surface area contributed by atoms with E-state index < -0.39 is 0 Å². The highest BCUT2D eigenvalue weighted by Crippen LogP contribution is 2.21. The van der Waals surface area contributed by atoms with E-state index in [1.807, 2.05) is 6.07 Å². The molecule has 5 nitrogen and oxygen atoms in total. The molecule has 2 aromatic carbocycles. The number of hydrogen-bond donors (Lipinski definition) is 2. The lowest BCUT2D eigenvalue weighted by atomic mass is 10.1. The molecule has 0 bridgehead atoms. The minimum atomic E-state index is -0.297. The van der Waals surface area contributed by atoms with Crippen molar-refractivity contribution in [3.8, 4) is 0 Å². The second-order valence-electron chi connectivity index (χ2n) is 5.21. The Hall–Kier alpha value is -2.44. The van der Waals surface area contributed by atoms with Gasteiger partial charge in [0.1, 0.15) is 5.82 Å². The Morgan fingerprint density at radius 2 is 1.84 bits per heavy atom. The van der Waals surface area contributed by atoms with Gasteiger partial charge in [0.15, 0.2) is 5.82 Å². The summed E-state index contributed by atoms with van der Waals surface area (Å²) in [7, 11) is 0. The van der Waals surface area contributed by atoms with Crippen molar-refractivity contribution in [3.63, 3.8) is 0 Å². The number of anilines is 3. The molecule has 128 valence electrons. The molecule has 8 heteroatoms. The van der Waals surface area contributed by atoms with Gasteiger partial charge in [-0.1, -0.05) is 29.3 Å². The number of benzene rings is 2. The van der Waals surface area contributed by atoms with Crippen LogP contribution in [0.4, 0.5) is 21.8 Å². The van der Waals surface area contributed by atoms with E-state index in [1.54, 1.807) is 24.3 Å². The summed E-state index contributed by atoms with van der Waals surface area (Å²) in [5.74, 6) is 0.598. The molecule has 0 atom stereocenters. The molecule has 0 aliphatic carbocycles. The molecule has 3 aromatic rings. The monoisotopic (exact) mass is 377 g/mol. The highest BCUT2D eigenvalue weighted by molar-refractivity contribution is 6.35. The maximum absolute atomic E-state index is 12.9. The summed E-state index contributed by atoms with van der Waals surface area (Å²) in [5, 5.41) is 15.2. The second-order valence-corrected chi connectivity index (χ2v) is 6.05. The van der Waals surface area contributed by atoms with Crippen molar-refractivity contribution in [2.45, 2.75) is 6.42 Å². The van der Waals surface area contributed by atoms with Gasteiger partial charge in [-0.05, 0) is 48.4 Å². The van der Waals surface area contributed by atoms with E-state index in [2.05, 4.69) is 25.8 Å². The van der Waals surface area contributed by atoms with Crippen LogP contribution in [0.1, 0.15) is 5.56 Å². The van der Waals surface area contributed by atoms with Crippen molar-refractivity contribution in [3.05, 3.63) is 70.1 Å². The van der Waals surface area contributed by atoms with Gasteiger partial charge in [0, 0.05) is 22.3 Å². The van der Waals surface area contributed by atoms with Crippen LogP contribution in [0.5, 0.6) is 0 Å². The summed E-state index contributed by atoms with van der Waals surface area (Å²) >= 11 is 12.0. The van der Waals surface area contributed by atoms with Crippen LogP contribution in [0.3, 0.4) is 0 Å². The first-order valence-electron chi connectivity index (χ1n) is 7.50. The average Bonchev–Trinajstić information content (AvgIpc) is 2.59. The number of hydrogen-bond acceptors (Lipinski definition) is 5. The van der Waals surface area contributed by atoms with Crippen LogP contribution in [-0.2, 0) is 6.42 Å². The fourth-order valence-corrected chi connectivity index (χ4v) is 2.66. The van der Waals surface area contributed by atoms with E-state index in [1.165, 1.54) is 18.3 Å². The third-order valence-electron chi connectivity index (χ3n) is 3.37. The van der Waals surface area contributed by atoms with E-state index in [9.17, 15) is 4.39 Å². The summed E-state index contributed by atoms with van der Waals surface area (Å²) in [6.45, 7) is 0.586. The molecule has 3 rings (SSSR count). The van der Waals surface area contributed by atoms with Crippen molar-refractivity contribution in [2.75, 3.05) is 17.2 Å². The van der Waals surface area contributed by atoms with Crippen molar-refractivity contribution in [1.82, 2.24) is 15.2 Å². The summed E-state index contributed by atoms with van der Waals surface area (Å²) in [6, 6.07) is 11.4. The zero-order valence-electron chi connectivity index (χ0n) is 13.0. The van der Waals surface area contributed by atoms with Crippen LogP contribution >= 0.6 is 23.2 Å². The Balaban J connectivity index is 1.59. The van der Waals surface area contributed by atoms with Gasteiger partial charge in [0.05, 0.1) is 6.20 Å². The third kappa shape index (κ3) is 5.01. The summed E-state index contributed by atoms with van der Waals surface area (Å²) < 4.78 is 12.9. The normalized spacial score (nSPS) is 10.5. The molecule has 0 saturated carbocycles. The van der Waals surface area contributed by atoms with Crippen LogP contribution < -0.4 is 10.6 Å². The largest absolute Gasteiger partial charge is 0.353 e. The fraction of sp³-hybridized carbons (Fsp3) is 0.118. The van der Waals surface area contributed by atoms with Crippen molar-refractivity contribution >= 4 is 40.7 Å². The van der Waals surface area contributed by atoms with E-state index in [-0.39, 0.29) is 5.82 Å². The predicted octanol–water partition coefficient (Wildman–Crippen LogP) is 4.72. The molecule has 0 aliphatic rings. The first-order chi connectivity index (χ1) is 12.1. The maximum Gasteiger partial charge on any atom is 0.244 e. The Labute approximate surface area is 154 Å². The van der Waals surface area contributed by atoms with Gasteiger partial charge >= 0.3 is 0 Å². The van der Waals surface area contributed by atoms with E-state index in [0.29, 0.717) is 40.5 Å². The van der Waals surface area contributed by atoms with Gasteiger partial charge < -0.3 is 10.6 Å². The highest BCUT2D eigenvalue weighted by atomic mass is 35.5. The molecule has 1 aromatic heterocycles. The number of aromatic nitrogens is 3. The quantitative estimate of drug-likeness (QED) is 0.650. The number of nitrogens with zero attached hydrogens (tertiary/aromatic N) is 3. The highest BCUT2D eigenvalue weighted by Gasteiger charge is 2.04. The Morgan fingerprint density at radius 1 is 1.04 bits per heavy atom. The Bertz CT molecular complexity index is 858. The molecule has 0 radical (unpaired) electrons. The molecule has 0 saturated heterocycles. The molecule has 0 amide bonds. The lowest BCUT2D eigenvalue weighted by Gasteiger charge is -2.08. The number of rotatable bonds is 6. The second kappa shape index (κ2) is 8.09. The molecule has 0 spiro atoms. The molecular weight excluding hydrogens is 364 g/mol. The van der Waals surface area contributed by atoms with Gasteiger partial charge in [-0.3, -0.25) is 0 Å². The molecule has 0 aliphatic heterocycles. The van der Waals surface area contributed by atoms with Crippen LogP contribution in [-0.4, -0.2) is 21.7 Å². The average molecular weight is 378 g/mol. The van der Waals surface area contributed by atoms with Crippen molar-refractivity contribution < 1.29 is 4.39 Å². The lowest BCUT2D eigenvalue weighted by Crippen LogP contribution is -2.10. The minimum absolute atomic E-state index is 0.297. The van der Waals surface area contributed by atoms with Crippen LogP contribution in [0.2, 0.25) is 10.0 Å². The van der Waals surface area contributed by atoms with E-state index in [4.69, 9.17) is 23.2 Å². The lowest BCUT2D eigenvalue weighted by molar-refractivity contribution is 0.628. The summed E-state index contributed by atoms with van der Waals surface area (Å²) in [6.07, 6.45) is 2.18. The first-order valence-corrected chi connectivity index (χ1v) is 8.26. The van der Waals surface area contributed by atoms with Gasteiger partial charge in [0.2, 0.25) is 5.95 Å². The van der Waals surface area contributed by atoms with Gasteiger partial charge in [-0.15, -0.1) is 5.10 Å². The topological polar surface area (TPSA) is 62.7 Å². The third-order valence-corrected chi connectivity index (χ3v) is 3.95. The van der Waals surface area contributed by atoms with Gasteiger partial charge in [-0.2, -0.15) is 10.1 Å². The zero-order chi connectivity index (χ0) is 17.6. The summed E-state index contributed by atoms with van der Waals surface area (Å²) in [4.78, 5) is 4.31. The van der Waals surface area contributed by atoms with E-state index >= 15 is 0 Å². The van der Waals surface area contributed by atoms with Crippen molar-refractivity contribution in [1.29, 1.82) is 0 Å². The molecule has 0 fully saturated rings. The minimum Gasteiger partial charge on any atom is -0.353 e. The molecule has 0 unspecified atom stereocenters. The molecule has 25 heavy (non-hydrogen) atoms. The van der Waals surface area contributed by atoms with Crippen LogP contribution in [0.15, 0.2) is 48.7 Å². The fourth-order valence-electron chi connectivity index (χ4n) is 2.15. The smallest absolute Gasteiger partial charge is 0.244 e. The predicted molar refractivity (Wildman–Crippen MR) is 98.2 cm³/mol. The summed E-state index contributed by atoms with van der Waals surface area (Å²) in [5.41, 5.74) is 1.69. The maximum atomic E-state index is 12.9. The standard InChI is InChI=1S/C17H14Cl2FN5/c18-12-2-1-11(15(19)9-12)7-8-21-17-24-16(10-22-25-17)23-14-5-3-13(20)4-6-14/h1-6,9-10H,7-8H2,(H2,21,23,24,25). The first kappa shape index (κ1) is 17.4. The number of nitrogens with one attached hydrogen (secondary N) is 2. The molecule has 2 N–H and O–H groups in total. The number of halogens is 3. The SMILES string of the molecule is Fc1ccc(Nc2cnnc(NCCc3ccc(Cl)cc3Cl)n2)cc1.